The molecule has 0 aliphatic carbocycles. The number of hydrogen-bond donors (Lipinski definition) is 0. The number of amides is 1. The van der Waals surface area contributed by atoms with E-state index >= 15 is 0 Å². The third kappa shape index (κ3) is 3.04. The predicted molar refractivity (Wildman–Crippen MR) is 72.5 cm³/mol. The molecule has 5 nitrogen and oxygen atoms in total. The predicted octanol–water partition coefficient (Wildman–Crippen LogP) is 3.26. The van der Waals surface area contributed by atoms with Crippen molar-refractivity contribution in [3.8, 4) is 0 Å². The summed E-state index contributed by atoms with van der Waals surface area (Å²) in [7, 11) is 0. The van der Waals surface area contributed by atoms with Crippen molar-refractivity contribution in [2.45, 2.75) is 25.7 Å². The molecule has 0 bridgehead atoms. The number of nitro groups is 1. The van der Waals surface area contributed by atoms with Crippen LogP contribution in [0.4, 0.5) is 5.69 Å². The molecule has 1 aliphatic heterocycles. The van der Waals surface area contributed by atoms with Crippen LogP contribution in [0, 0.1) is 10.1 Å². The van der Waals surface area contributed by atoms with Crippen LogP contribution in [-0.4, -0.2) is 28.8 Å². The first-order valence-electron chi connectivity index (χ1n) is 6.33. The highest BCUT2D eigenvalue weighted by molar-refractivity contribution is 6.35. The van der Waals surface area contributed by atoms with Crippen molar-refractivity contribution in [1.29, 1.82) is 0 Å². The van der Waals surface area contributed by atoms with Crippen LogP contribution in [0.5, 0.6) is 0 Å². The summed E-state index contributed by atoms with van der Waals surface area (Å²) in [6, 6.07) is 4.35. The van der Waals surface area contributed by atoms with Crippen molar-refractivity contribution < 1.29 is 9.72 Å². The number of nitro benzene ring substituents is 1. The SMILES string of the molecule is O=C(c1cccc([N+](=O)[O-])c1Cl)N1CCCCCC1. The molecule has 1 heterocycles. The fourth-order valence-corrected chi connectivity index (χ4v) is 2.55. The van der Waals surface area contributed by atoms with Crippen molar-refractivity contribution in [1.82, 2.24) is 4.90 Å². The molecular formula is C13H15ClN2O3. The molecule has 1 aromatic rings. The lowest BCUT2D eigenvalue weighted by Crippen LogP contribution is -2.32. The van der Waals surface area contributed by atoms with Crippen LogP contribution in [0.15, 0.2) is 18.2 Å². The summed E-state index contributed by atoms with van der Waals surface area (Å²) in [5.74, 6) is -0.212. The van der Waals surface area contributed by atoms with E-state index in [9.17, 15) is 14.9 Å². The highest BCUT2D eigenvalue weighted by Gasteiger charge is 2.24. The number of benzene rings is 1. The molecule has 0 atom stereocenters. The summed E-state index contributed by atoms with van der Waals surface area (Å²) in [6.45, 7) is 1.38. The van der Waals surface area contributed by atoms with Gasteiger partial charge in [0.25, 0.3) is 11.6 Å². The summed E-state index contributed by atoms with van der Waals surface area (Å²) >= 11 is 5.97. The normalized spacial score (nSPS) is 15.9. The number of rotatable bonds is 2. The van der Waals surface area contributed by atoms with Crippen LogP contribution in [0.1, 0.15) is 36.0 Å². The molecule has 1 saturated heterocycles. The Labute approximate surface area is 116 Å². The van der Waals surface area contributed by atoms with Gasteiger partial charge in [-0.05, 0) is 18.9 Å². The first-order valence-corrected chi connectivity index (χ1v) is 6.71. The van der Waals surface area contributed by atoms with Gasteiger partial charge in [-0.2, -0.15) is 0 Å². The van der Waals surface area contributed by atoms with Crippen molar-refractivity contribution >= 4 is 23.2 Å². The van der Waals surface area contributed by atoms with Gasteiger partial charge in [-0.25, -0.2) is 0 Å². The van der Waals surface area contributed by atoms with Gasteiger partial charge in [-0.15, -0.1) is 0 Å². The highest BCUT2D eigenvalue weighted by atomic mass is 35.5. The third-order valence-corrected chi connectivity index (χ3v) is 3.70. The van der Waals surface area contributed by atoms with E-state index < -0.39 is 4.92 Å². The second-order valence-electron chi connectivity index (χ2n) is 4.60. The second-order valence-corrected chi connectivity index (χ2v) is 4.98. The molecule has 102 valence electrons. The minimum atomic E-state index is -0.568. The van der Waals surface area contributed by atoms with Crippen LogP contribution in [0.3, 0.4) is 0 Å². The zero-order chi connectivity index (χ0) is 13.8. The van der Waals surface area contributed by atoms with Gasteiger partial charge in [-0.3, -0.25) is 14.9 Å². The summed E-state index contributed by atoms with van der Waals surface area (Å²) < 4.78 is 0. The molecule has 1 fully saturated rings. The minimum Gasteiger partial charge on any atom is -0.339 e. The van der Waals surface area contributed by atoms with Crippen LogP contribution < -0.4 is 0 Å². The first kappa shape index (κ1) is 13.8. The smallest absolute Gasteiger partial charge is 0.288 e. The van der Waals surface area contributed by atoms with Crippen molar-refractivity contribution in [3.05, 3.63) is 38.9 Å². The third-order valence-electron chi connectivity index (χ3n) is 3.30. The van der Waals surface area contributed by atoms with E-state index in [2.05, 4.69) is 0 Å². The van der Waals surface area contributed by atoms with Crippen LogP contribution in [0.25, 0.3) is 0 Å². The molecule has 0 spiro atoms. The van der Waals surface area contributed by atoms with Crippen LogP contribution >= 0.6 is 11.6 Å². The van der Waals surface area contributed by atoms with Gasteiger partial charge in [0.2, 0.25) is 0 Å². The van der Waals surface area contributed by atoms with Gasteiger partial charge in [0.15, 0.2) is 0 Å². The van der Waals surface area contributed by atoms with E-state index in [0.717, 1.165) is 25.7 Å². The molecule has 2 rings (SSSR count). The molecular weight excluding hydrogens is 268 g/mol. The lowest BCUT2D eigenvalue weighted by atomic mass is 10.1. The Hall–Kier alpha value is -1.62. The zero-order valence-corrected chi connectivity index (χ0v) is 11.2. The Kier molecular flexibility index (Phi) is 4.37. The van der Waals surface area contributed by atoms with Crippen LogP contribution in [0.2, 0.25) is 5.02 Å². The minimum absolute atomic E-state index is 0.0678. The first-order chi connectivity index (χ1) is 9.11. The molecule has 1 aliphatic rings. The van der Waals surface area contributed by atoms with Gasteiger partial charge >= 0.3 is 0 Å². The van der Waals surface area contributed by atoms with E-state index in [0.29, 0.717) is 13.1 Å². The largest absolute Gasteiger partial charge is 0.339 e. The van der Waals surface area contributed by atoms with E-state index in [-0.39, 0.29) is 22.2 Å². The summed E-state index contributed by atoms with van der Waals surface area (Å²) in [5, 5.41) is 10.8. The molecule has 0 N–H and O–H groups in total. The molecule has 1 aromatic carbocycles. The maximum Gasteiger partial charge on any atom is 0.288 e. The number of hydrogen-bond acceptors (Lipinski definition) is 3. The molecule has 0 radical (unpaired) electrons. The van der Waals surface area contributed by atoms with Crippen LogP contribution in [-0.2, 0) is 0 Å². The van der Waals surface area contributed by atoms with Gasteiger partial charge in [0.05, 0.1) is 10.5 Å². The standard InChI is InChI=1S/C13H15ClN2O3/c14-12-10(6-5-7-11(12)16(18)19)13(17)15-8-3-1-2-4-9-15/h5-7H,1-4,8-9H2. The molecule has 1 amide bonds. The summed E-state index contributed by atoms with van der Waals surface area (Å²) in [5.41, 5.74) is 0.0000975. The number of nitrogens with zero attached hydrogens (tertiary/aromatic N) is 2. The van der Waals surface area contributed by atoms with Gasteiger partial charge < -0.3 is 4.90 Å². The van der Waals surface area contributed by atoms with Crippen molar-refractivity contribution in [2.75, 3.05) is 13.1 Å². The fraction of sp³-hybridized carbons (Fsp3) is 0.462. The average molecular weight is 283 g/mol. The maximum absolute atomic E-state index is 12.4. The Morgan fingerprint density at radius 3 is 2.42 bits per heavy atom. The van der Waals surface area contributed by atoms with Crippen molar-refractivity contribution in [2.24, 2.45) is 0 Å². The Morgan fingerprint density at radius 1 is 1.21 bits per heavy atom. The molecule has 19 heavy (non-hydrogen) atoms. The van der Waals surface area contributed by atoms with Gasteiger partial charge in [0, 0.05) is 19.2 Å². The zero-order valence-electron chi connectivity index (χ0n) is 10.5. The summed E-state index contributed by atoms with van der Waals surface area (Å²) in [6.07, 6.45) is 4.18. The number of carbonyl (C=O) groups excluding carboxylic acids is 1. The van der Waals surface area contributed by atoms with Gasteiger partial charge in [0.1, 0.15) is 5.02 Å². The monoisotopic (exact) mass is 282 g/mol. The number of halogens is 1. The quantitative estimate of drug-likeness (QED) is 0.618. The topological polar surface area (TPSA) is 63.4 Å². The average Bonchev–Trinajstić information content (AvgIpc) is 2.66. The lowest BCUT2D eigenvalue weighted by Gasteiger charge is -2.20. The second kappa shape index (κ2) is 6.02. The van der Waals surface area contributed by atoms with E-state index in [1.807, 2.05) is 0 Å². The Balaban J connectivity index is 2.28. The highest BCUT2D eigenvalue weighted by Crippen LogP contribution is 2.29. The van der Waals surface area contributed by atoms with Gasteiger partial charge in [-0.1, -0.05) is 30.5 Å². The molecule has 6 heteroatoms. The van der Waals surface area contributed by atoms with Crippen molar-refractivity contribution in [3.63, 3.8) is 0 Å². The fourth-order valence-electron chi connectivity index (χ4n) is 2.27. The molecule has 0 saturated carbocycles. The summed E-state index contributed by atoms with van der Waals surface area (Å²) in [4.78, 5) is 24.4. The van der Waals surface area contributed by atoms with E-state index in [1.54, 1.807) is 11.0 Å². The number of likely N-dealkylation sites (tertiary alicyclic amines) is 1. The molecule has 0 unspecified atom stereocenters. The Bertz CT molecular complexity index is 497. The van der Waals surface area contributed by atoms with E-state index in [4.69, 9.17) is 11.6 Å². The maximum atomic E-state index is 12.4. The van der Waals surface area contributed by atoms with E-state index in [1.165, 1.54) is 12.1 Å². The lowest BCUT2D eigenvalue weighted by molar-refractivity contribution is -0.384. The Morgan fingerprint density at radius 2 is 1.84 bits per heavy atom. The molecule has 0 aromatic heterocycles. The number of carbonyl (C=O) groups is 1.